The highest BCUT2D eigenvalue weighted by molar-refractivity contribution is 9.10. The van der Waals surface area contributed by atoms with Gasteiger partial charge >= 0.3 is 0 Å². The maximum atomic E-state index is 12.5. The van der Waals surface area contributed by atoms with Gasteiger partial charge in [0.2, 0.25) is 5.78 Å². The molecule has 0 fully saturated rings. The van der Waals surface area contributed by atoms with Crippen molar-refractivity contribution in [2.75, 3.05) is 0 Å². The highest BCUT2D eigenvalue weighted by atomic mass is 79.9. The van der Waals surface area contributed by atoms with Crippen molar-refractivity contribution < 1.29 is 9.53 Å². The van der Waals surface area contributed by atoms with Gasteiger partial charge in [-0.3, -0.25) is 4.79 Å². The summed E-state index contributed by atoms with van der Waals surface area (Å²) in [5.41, 5.74) is 2.59. The van der Waals surface area contributed by atoms with Crippen molar-refractivity contribution in [3.63, 3.8) is 0 Å². The fourth-order valence-electron chi connectivity index (χ4n) is 2.69. The molecule has 0 bridgehead atoms. The lowest BCUT2D eigenvalue weighted by Crippen LogP contribution is -2.01. The molecule has 0 heterocycles. The molecule has 0 radical (unpaired) electrons. The van der Waals surface area contributed by atoms with E-state index in [2.05, 4.69) is 22.0 Å². The van der Waals surface area contributed by atoms with E-state index in [0.29, 0.717) is 26.9 Å². The molecule has 0 spiro atoms. The third-order valence-electron chi connectivity index (χ3n) is 4.19. The molecule has 4 nitrogen and oxygen atoms in total. The first-order valence-corrected chi connectivity index (χ1v) is 9.53. The van der Waals surface area contributed by atoms with E-state index in [1.165, 1.54) is 0 Å². The highest BCUT2D eigenvalue weighted by Gasteiger charge is 2.12. The number of halogens is 1. The van der Waals surface area contributed by atoms with Crippen molar-refractivity contribution in [1.82, 2.24) is 0 Å². The SMILES string of the molecule is N#CC(=Cc1ccc(OCc2ccccc2C#N)c(Br)c1)C(=O)c1ccccc1. The van der Waals surface area contributed by atoms with E-state index in [4.69, 9.17) is 10.00 Å². The maximum absolute atomic E-state index is 12.5. The fraction of sp³-hybridized carbons (Fsp3) is 0.0417. The van der Waals surface area contributed by atoms with Crippen molar-refractivity contribution in [2.45, 2.75) is 6.61 Å². The summed E-state index contributed by atoms with van der Waals surface area (Å²) >= 11 is 3.46. The second-order valence-electron chi connectivity index (χ2n) is 6.11. The molecular weight excluding hydrogens is 428 g/mol. The van der Waals surface area contributed by atoms with Crippen LogP contribution in [0.15, 0.2) is 82.8 Å². The largest absolute Gasteiger partial charge is 0.488 e. The van der Waals surface area contributed by atoms with E-state index in [1.54, 1.807) is 54.6 Å². The first-order valence-electron chi connectivity index (χ1n) is 8.74. The lowest BCUT2D eigenvalue weighted by Gasteiger charge is -2.10. The van der Waals surface area contributed by atoms with Crippen LogP contribution in [0, 0.1) is 22.7 Å². The van der Waals surface area contributed by atoms with Crippen molar-refractivity contribution in [3.8, 4) is 17.9 Å². The Labute approximate surface area is 177 Å². The number of allylic oxidation sites excluding steroid dienone is 1. The van der Waals surface area contributed by atoms with Gasteiger partial charge in [-0.25, -0.2) is 0 Å². The summed E-state index contributed by atoms with van der Waals surface area (Å²) in [6, 6.07) is 25.4. The number of ether oxygens (including phenoxy) is 1. The van der Waals surface area contributed by atoms with Crippen LogP contribution < -0.4 is 4.74 Å². The van der Waals surface area contributed by atoms with Gasteiger partial charge in [0.1, 0.15) is 24.0 Å². The molecule has 0 aliphatic rings. The van der Waals surface area contributed by atoms with E-state index in [9.17, 15) is 10.1 Å². The van der Waals surface area contributed by atoms with Gasteiger partial charge < -0.3 is 4.74 Å². The highest BCUT2D eigenvalue weighted by Crippen LogP contribution is 2.28. The van der Waals surface area contributed by atoms with Gasteiger partial charge in [-0.1, -0.05) is 54.6 Å². The Balaban J connectivity index is 1.78. The van der Waals surface area contributed by atoms with Gasteiger partial charge in [0, 0.05) is 11.1 Å². The van der Waals surface area contributed by atoms with Gasteiger partial charge in [0.25, 0.3) is 0 Å². The fourth-order valence-corrected chi connectivity index (χ4v) is 3.21. The zero-order valence-corrected chi connectivity index (χ0v) is 16.9. The first-order chi connectivity index (χ1) is 14.1. The number of nitrogens with zero attached hydrogens (tertiary/aromatic N) is 2. The molecule has 0 atom stereocenters. The molecule has 0 aliphatic carbocycles. The van der Waals surface area contributed by atoms with Crippen LogP contribution >= 0.6 is 15.9 Å². The summed E-state index contributed by atoms with van der Waals surface area (Å²) in [6.45, 7) is 0.257. The number of carbonyl (C=O) groups excluding carboxylic acids is 1. The topological polar surface area (TPSA) is 73.9 Å². The Bertz CT molecular complexity index is 1160. The number of nitriles is 2. The van der Waals surface area contributed by atoms with Crippen LogP contribution in [0.1, 0.15) is 27.0 Å². The number of carbonyl (C=O) groups is 1. The minimum atomic E-state index is -0.322. The molecule has 0 aliphatic heterocycles. The normalized spacial score (nSPS) is 10.7. The zero-order chi connectivity index (χ0) is 20.6. The second-order valence-corrected chi connectivity index (χ2v) is 6.97. The van der Waals surface area contributed by atoms with Crippen LogP contribution in [0.2, 0.25) is 0 Å². The molecule has 5 heteroatoms. The van der Waals surface area contributed by atoms with Crippen LogP contribution in [0.4, 0.5) is 0 Å². The predicted octanol–water partition coefficient (Wildman–Crippen LogP) is 5.69. The third kappa shape index (κ3) is 4.99. The smallest absolute Gasteiger partial charge is 0.203 e. The molecule has 0 saturated carbocycles. The Kier molecular flexibility index (Phi) is 6.58. The number of benzene rings is 3. The lowest BCUT2D eigenvalue weighted by atomic mass is 10.0. The van der Waals surface area contributed by atoms with Crippen LogP contribution in [-0.4, -0.2) is 5.78 Å². The summed E-state index contributed by atoms with van der Waals surface area (Å²) < 4.78 is 6.50. The minimum Gasteiger partial charge on any atom is -0.488 e. The molecule has 0 N–H and O–H groups in total. The molecule has 29 heavy (non-hydrogen) atoms. The molecule has 0 unspecified atom stereocenters. The van der Waals surface area contributed by atoms with Crippen LogP contribution in [-0.2, 0) is 6.61 Å². The lowest BCUT2D eigenvalue weighted by molar-refractivity contribution is 0.104. The minimum absolute atomic E-state index is 0.0553. The number of hydrogen-bond donors (Lipinski definition) is 0. The van der Waals surface area contributed by atoms with E-state index >= 15 is 0 Å². The molecule has 0 amide bonds. The Morgan fingerprint density at radius 3 is 2.41 bits per heavy atom. The van der Waals surface area contributed by atoms with Crippen LogP contribution in [0.5, 0.6) is 5.75 Å². The Morgan fingerprint density at radius 1 is 1.00 bits per heavy atom. The van der Waals surface area contributed by atoms with Crippen LogP contribution in [0.25, 0.3) is 6.08 Å². The molecule has 3 aromatic carbocycles. The van der Waals surface area contributed by atoms with Gasteiger partial charge in [-0.15, -0.1) is 0 Å². The standard InChI is InChI=1S/C24H15BrN2O2/c25-22-13-17(12-21(15-27)24(28)18-6-2-1-3-7-18)10-11-23(22)29-16-20-9-5-4-8-19(20)14-26/h1-13H,16H2. The second kappa shape index (κ2) is 9.50. The summed E-state index contributed by atoms with van der Waals surface area (Å²) in [4.78, 5) is 12.5. The average molecular weight is 443 g/mol. The van der Waals surface area contributed by atoms with E-state index in [0.717, 1.165) is 5.56 Å². The number of Topliss-reactive ketones (excluding diaryl/α,β-unsaturated/α-hetero) is 1. The summed E-state index contributed by atoms with van der Waals surface area (Å²) in [5.74, 6) is 0.278. The monoisotopic (exact) mass is 442 g/mol. The van der Waals surface area contributed by atoms with E-state index in [-0.39, 0.29) is 18.0 Å². The summed E-state index contributed by atoms with van der Waals surface area (Å²) in [7, 11) is 0. The van der Waals surface area contributed by atoms with E-state index in [1.807, 2.05) is 30.3 Å². The van der Waals surface area contributed by atoms with Gasteiger partial charge in [0.15, 0.2) is 0 Å². The molecule has 3 aromatic rings. The van der Waals surface area contributed by atoms with Crippen molar-refractivity contribution in [1.29, 1.82) is 10.5 Å². The first kappa shape index (κ1) is 20.1. The van der Waals surface area contributed by atoms with Crippen molar-refractivity contribution in [3.05, 3.63) is 105 Å². The van der Waals surface area contributed by atoms with Gasteiger partial charge in [0.05, 0.1) is 16.1 Å². The molecule has 0 saturated heterocycles. The van der Waals surface area contributed by atoms with Gasteiger partial charge in [-0.05, 0) is 45.8 Å². The molecule has 3 rings (SSSR count). The molecular formula is C24H15BrN2O2. The van der Waals surface area contributed by atoms with Gasteiger partial charge in [-0.2, -0.15) is 10.5 Å². The Morgan fingerprint density at radius 2 is 1.72 bits per heavy atom. The third-order valence-corrected chi connectivity index (χ3v) is 4.81. The predicted molar refractivity (Wildman–Crippen MR) is 114 cm³/mol. The number of rotatable bonds is 6. The van der Waals surface area contributed by atoms with Crippen LogP contribution in [0.3, 0.4) is 0 Å². The van der Waals surface area contributed by atoms with Crippen molar-refractivity contribution >= 4 is 27.8 Å². The maximum Gasteiger partial charge on any atom is 0.203 e. The number of hydrogen-bond acceptors (Lipinski definition) is 4. The number of ketones is 1. The quantitative estimate of drug-likeness (QED) is 0.279. The summed E-state index contributed by atoms with van der Waals surface area (Å²) in [6.07, 6.45) is 1.55. The average Bonchev–Trinajstić information content (AvgIpc) is 2.77. The molecule has 0 aromatic heterocycles. The Hall–Kier alpha value is -3.67. The summed E-state index contributed by atoms with van der Waals surface area (Å²) in [5, 5.41) is 18.6. The zero-order valence-electron chi connectivity index (χ0n) is 15.3. The van der Waals surface area contributed by atoms with Crippen molar-refractivity contribution in [2.24, 2.45) is 0 Å². The molecule has 140 valence electrons. The van der Waals surface area contributed by atoms with E-state index < -0.39 is 0 Å².